The van der Waals surface area contributed by atoms with Crippen LogP contribution in [0.3, 0.4) is 0 Å². The lowest BCUT2D eigenvalue weighted by Gasteiger charge is -2.22. The molecular weight excluding hydrogens is 362 g/mol. The first kappa shape index (κ1) is 19.4. The van der Waals surface area contributed by atoms with Crippen molar-refractivity contribution in [3.05, 3.63) is 58.6 Å². The molecule has 142 valence electrons. The summed E-state index contributed by atoms with van der Waals surface area (Å²) in [5.74, 6) is -0.712. The van der Waals surface area contributed by atoms with E-state index in [1.807, 2.05) is 36.4 Å². The largest absolute Gasteiger partial charge is 0.480 e. The summed E-state index contributed by atoms with van der Waals surface area (Å²) in [4.78, 5) is 25.9. The molecule has 1 amide bonds. The van der Waals surface area contributed by atoms with Crippen molar-refractivity contribution in [1.82, 2.24) is 4.90 Å². The van der Waals surface area contributed by atoms with E-state index in [1.54, 1.807) is 6.07 Å². The van der Waals surface area contributed by atoms with Crippen LogP contribution in [-0.4, -0.2) is 34.5 Å². The van der Waals surface area contributed by atoms with E-state index in [4.69, 9.17) is 11.6 Å². The molecule has 4 nitrogen and oxygen atoms in total. The van der Waals surface area contributed by atoms with E-state index in [9.17, 15) is 14.7 Å². The molecule has 1 N–H and O–H groups in total. The monoisotopic (exact) mass is 385 g/mol. The number of likely N-dealkylation sites (tertiary alicyclic amines) is 1. The number of benzene rings is 2. The normalized spacial score (nSPS) is 16.7. The number of carboxylic acids is 1. The standard InChI is InChI=1S/C22H24ClNO3/c1-14(2)12-15-9-10-16(13-18(15)17-6-3-4-7-19(17)23)21(25)24-11-5-8-20(24)22(26)27/h3-4,6-7,9-10,13-14,20H,5,8,11-12H2,1-2H3,(H,26,27). The fraction of sp³-hybridized carbons (Fsp3) is 0.364. The molecule has 2 aromatic rings. The van der Waals surface area contributed by atoms with Crippen LogP contribution in [0, 0.1) is 5.92 Å². The molecule has 1 saturated heterocycles. The van der Waals surface area contributed by atoms with Gasteiger partial charge >= 0.3 is 5.97 Å². The Balaban J connectivity index is 2.03. The minimum Gasteiger partial charge on any atom is -0.480 e. The first-order chi connectivity index (χ1) is 12.9. The van der Waals surface area contributed by atoms with Crippen molar-refractivity contribution in [2.45, 2.75) is 39.2 Å². The Labute approximate surface area is 164 Å². The number of rotatable bonds is 5. The van der Waals surface area contributed by atoms with Crippen LogP contribution in [0.25, 0.3) is 11.1 Å². The van der Waals surface area contributed by atoms with Crippen LogP contribution in [-0.2, 0) is 11.2 Å². The van der Waals surface area contributed by atoms with Gasteiger partial charge in [-0.25, -0.2) is 4.79 Å². The highest BCUT2D eigenvalue weighted by Crippen LogP contribution is 2.33. The van der Waals surface area contributed by atoms with E-state index in [1.165, 1.54) is 4.90 Å². The number of nitrogens with zero attached hydrogens (tertiary/aromatic N) is 1. The summed E-state index contributed by atoms with van der Waals surface area (Å²) in [6, 6.07) is 12.5. The average Bonchev–Trinajstić information content (AvgIpc) is 3.12. The van der Waals surface area contributed by atoms with Gasteiger partial charge in [-0.1, -0.05) is 49.7 Å². The number of carbonyl (C=O) groups excluding carboxylic acids is 1. The smallest absolute Gasteiger partial charge is 0.326 e. The van der Waals surface area contributed by atoms with Crippen LogP contribution in [0.5, 0.6) is 0 Å². The predicted molar refractivity (Wildman–Crippen MR) is 107 cm³/mol. The Morgan fingerprint density at radius 3 is 2.59 bits per heavy atom. The number of carbonyl (C=O) groups is 2. The highest BCUT2D eigenvalue weighted by Gasteiger charge is 2.34. The fourth-order valence-electron chi connectivity index (χ4n) is 3.69. The first-order valence-electron chi connectivity index (χ1n) is 9.30. The summed E-state index contributed by atoms with van der Waals surface area (Å²) in [6.07, 6.45) is 2.09. The van der Waals surface area contributed by atoms with Gasteiger partial charge in [0.05, 0.1) is 0 Å². The van der Waals surface area contributed by atoms with Crippen molar-refractivity contribution in [3.8, 4) is 11.1 Å². The number of amides is 1. The van der Waals surface area contributed by atoms with E-state index < -0.39 is 12.0 Å². The van der Waals surface area contributed by atoms with E-state index in [2.05, 4.69) is 13.8 Å². The molecule has 1 aliphatic heterocycles. The molecule has 27 heavy (non-hydrogen) atoms. The van der Waals surface area contributed by atoms with Gasteiger partial charge in [0.2, 0.25) is 0 Å². The Morgan fingerprint density at radius 2 is 1.93 bits per heavy atom. The number of carboxylic acid groups (broad SMARTS) is 1. The van der Waals surface area contributed by atoms with E-state index >= 15 is 0 Å². The summed E-state index contributed by atoms with van der Waals surface area (Å²) >= 11 is 6.42. The van der Waals surface area contributed by atoms with Crippen LogP contribution in [0.1, 0.15) is 42.6 Å². The highest BCUT2D eigenvalue weighted by molar-refractivity contribution is 6.33. The lowest BCUT2D eigenvalue weighted by molar-refractivity contribution is -0.141. The zero-order valence-corrected chi connectivity index (χ0v) is 16.4. The number of aliphatic carboxylic acids is 1. The molecule has 0 saturated carbocycles. The van der Waals surface area contributed by atoms with Crippen molar-refractivity contribution < 1.29 is 14.7 Å². The van der Waals surface area contributed by atoms with Gasteiger partial charge < -0.3 is 10.0 Å². The molecule has 1 heterocycles. The molecule has 0 aliphatic carbocycles. The molecule has 0 bridgehead atoms. The second-order valence-electron chi connectivity index (χ2n) is 7.44. The number of halogens is 1. The van der Waals surface area contributed by atoms with Crippen molar-refractivity contribution in [3.63, 3.8) is 0 Å². The second kappa shape index (κ2) is 8.13. The molecule has 1 fully saturated rings. The predicted octanol–water partition coefficient (Wildman–Crippen LogP) is 4.89. The molecular formula is C22H24ClNO3. The SMILES string of the molecule is CC(C)Cc1ccc(C(=O)N2CCCC2C(=O)O)cc1-c1ccccc1Cl. The topological polar surface area (TPSA) is 57.6 Å². The van der Waals surface area contributed by atoms with Crippen LogP contribution in [0.15, 0.2) is 42.5 Å². The number of hydrogen-bond donors (Lipinski definition) is 1. The Hall–Kier alpha value is -2.33. The van der Waals surface area contributed by atoms with Crippen LogP contribution in [0.4, 0.5) is 0 Å². The van der Waals surface area contributed by atoms with Gasteiger partial charge in [0.15, 0.2) is 0 Å². The Kier molecular flexibility index (Phi) is 5.85. The zero-order chi connectivity index (χ0) is 19.6. The molecule has 1 aliphatic rings. The third-order valence-electron chi connectivity index (χ3n) is 4.95. The van der Waals surface area contributed by atoms with E-state index in [0.29, 0.717) is 35.9 Å². The van der Waals surface area contributed by atoms with Crippen molar-refractivity contribution in [2.75, 3.05) is 6.54 Å². The van der Waals surface area contributed by atoms with Gasteiger partial charge in [-0.2, -0.15) is 0 Å². The van der Waals surface area contributed by atoms with Crippen molar-refractivity contribution in [2.24, 2.45) is 5.92 Å². The van der Waals surface area contributed by atoms with Crippen molar-refractivity contribution in [1.29, 1.82) is 0 Å². The quantitative estimate of drug-likeness (QED) is 0.796. The van der Waals surface area contributed by atoms with Crippen LogP contribution < -0.4 is 0 Å². The molecule has 2 aromatic carbocycles. The lowest BCUT2D eigenvalue weighted by atomic mass is 9.91. The lowest BCUT2D eigenvalue weighted by Crippen LogP contribution is -2.40. The first-order valence-corrected chi connectivity index (χ1v) is 9.68. The maximum absolute atomic E-state index is 13.0. The molecule has 0 spiro atoms. The highest BCUT2D eigenvalue weighted by atomic mass is 35.5. The Bertz CT molecular complexity index is 862. The summed E-state index contributed by atoms with van der Waals surface area (Å²) in [7, 11) is 0. The summed E-state index contributed by atoms with van der Waals surface area (Å²) < 4.78 is 0. The number of hydrogen-bond acceptors (Lipinski definition) is 2. The van der Waals surface area contributed by atoms with E-state index in [0.717, 1.165) is 23.1 Å². The zero-order valence-electron chi connectivity index (χ0n) is 15.6. The third kappa shape index (κ3) is 4.16. The summed E-state index contributed by atoms with van der Waals surface area (Å²) in [6.45, 7) is 4.78. The summed E-state index contributed by atoms with van der Waals surface area (Å²) in [5, 5.41) is 10.0. The third-order valence-corrected chi connectivity index (χ3v) is 5.28. The van der Waals surface area contributed by atoms with Crippen molar-refractivity contribution >= 4 is 23.5 Å². The maximum Gasteiger partial charge on any atom is 0.326 e. The molecule has 1 atom stereocenters. The van der Waals surface area contributed by atoms with Gasteiger partial charge in [-0.15, -0.1) is 0 Å². The molecule has 3 rings (SSSR count). The minimum atomic E-state index is -0.941. The van der Waals surface area contributed by atoms with Gasteiger partial charge in [0.25, 0.3) is 5.91 Å². The second-order valence-corrected chi connectivity index (χ2v) is 7.85. The molecule has 5 heteroatoms. The minimum absolute atomic E-state index is 0.232. The molecule has 0 radical (unpaired) electrons. The average molecular weight is 386 g/mol. The van der Waals surface area contributed by atoms with Crippen LogP contribution in [0.2, 0.25) is 5.02 Å². The maximum atomic E-state index is 13.0. The molecule has 0 aromatic heterocycles. The van der Waals surface area contributed by atoms with Gasteiger partial charge in [-0.05, 0) is 54.5 Å². The fourth-order valence-corrected chi connectivity index (χ4v) is 3.93. The van der Waals surface area contributed by atoms with Crippen LogP contribution >= 0.6 is 11.6 Å². The molecule has 1 unspecified atom stereocenters. The van der Waals surface area contributed by atoms with E-state index in [-0.39, 0.29) is 5.91 Å². The van der Waals surface area contributed by atoms with Gasteiger partial charge in [-0.3, -0.25) is 4.79 Å². The Morgan fingerprint density at radius 1 is 1.19 bits per heavy atom. The van der Waals surface area contributed by atoms with Gasteiger partial charge in [0.1, 0.15) is 6.04 Å². The van der Waals surface area contributed by atoms with Gasteiger partial charge in [0, 0.05) is 22.7 Å². The summed E-state index contributed by atoms with van der Waals surface area (Å²) in [5.41, 5.74) is 3.46.